The van der Waals surface area contributed by atoms with Gasteiger partial charge in [0.15, 0.2) is 11.2 Å². The van der Waals surface area contributed by atoms with Crippen molar-refractivity contribution in [2.24, 2.45) is 0 Å². The smallest absolute Gasteiger partial charge is 0.252 e. The minimum atomic E-state index is -2.13. The standard InChI is InChI=1S/C98H87BN4O2/c1-94(2,3)62-44-58(45-63(52-62)95(4,5)6)60-48-75-73-32-20-26-38-89(73)104-92(75)87(50-60)102-83-56-67(100-79-34-22-16-28-69(79)70-29-17-23-35-80(70)100)40-42-77(83)99-78-43-41-68(101-81-36-24-18-30-71(81)72-31-19-25-37-82(72)101)57-84(78)103(86-55-66(98(13,14)15)54-85(102)91(86)99)88-51-61(49-76-74-33-21-27-39-90(74)105-93(76)88)59-46-64(96(7,8)9)53-65(47-59)97(10,11)12/h16-57H,1-15H3/i16D,17D,18D,19D,20D,21D,22D,23D,24D,25D,26D,27D,28D,29D,30D,31D,32D,33D,34D,35D,36D,37D,38D,39D,40D,41D,42D,43D,48D,49D,50D,51D,56D,57D. The molecule has 19 rings (SSSR count). The van der Waals surface area contributed by atoms with E-state index in [0.717, 1.165) is 9.13 Å². The maximum absolute atomic E-state index is 11.8. The molecule has 105 heavy (non-hydrogen) atoms. The summed E-state index contributed by atoms with van der Waals surface area (Å²) in [5, 5.41) is -3.73. The summed E-state index contributed by atoms with van der Waals surface area (Å²) in [4.78, 5) is 2.48. The molecule has 0 unspecified atom stereocenters. The minimum Gasteiger partial charge on any atom is -0.454 e. The molecule has 2 aliphatic heterocycles. The normalized spacial score (nSPS) is 18.1. The number of aromatic nitrogens is 2. The fourth-order valence-electron chi connectivity index (χ4n) is 14.7. The third-order valence-corrected chi connectivity index (χ3v) is 20.4. The fraction of sp³-hybridized carbons (Fsp3) is 0.204. The zero-order valence-electron chi connectivity index (χ0n) is 94.3. The Morgan fingerprint density at radius 1 is 0.276 bits per heavy atom. The van der Waals surface area contributed by atoms with Crippen LogP contribution in [0.2, 0.25) is 0 Å². The van der Waals surface area contributed by atoms with Crippen LogP contribution in [0, 0.1) is 0 Å². The van der Waals surface area contributed by atoms with Crippen molar-refractivity contribution in [2.75, 3.05) is 9.80 Å². The molecular weight excluding hydrogens is 1280 g/mol. The van der Waals surface area contributed by atoms with E-state index in [1.165, 1.54) is 9.80 Å². The number of fused-ring (bicyclic) bond motifs is 16. The van der Waals surface area contributed by atoms with Gasteiger partial charge in [-0.3, -0.25) is 0 Å². The molecule has 13 aromatic carbocycles. The Morgan fingerprint density at radius 3 is 0.914 bits per heavy atom. The number of para-hydroxylation sites is 6. The van der Waals surface area contributed by atoms with Crippen LogP contribution in [0.25, 0.3) is 121 Å². The third kappa shape index (κ3) is 10.1. The summed E-state index contributed by atoms with van der Waals surface area (Å²) < 4.78 is 358. The van der Waals surface area contributed by atoms with Crippen LogP contribution in [0.1, 0.15) is 178 Å². The predicted octanol–water partition coefficient (Wildman–Crippen LogP) is 25.6. The van der Waals surface area contributed by atoms with Gasteiger partial charge in [-0.15, -0.1) is 0 Å². The van der Waals surface area contributed by atoms with Crippen molar-refractivity contribution in [2.45, 2.75) is 131 Å². The number of furan rings is 2. The summed E-state index contributed by atoms with van der Waals surface area (Å²) >= 11 is 0. The lowest BCUT2D eigenvalue weighted by Crippen LogP contribution is -2.61. The molecule has 6 heterocycles. The molecule has 514 valence electrons. The highest BCUT2D eigenvalue weighted by Gasteiger charge is 2.46. The second-order valence-electron chi connectivity index (χ2n) is 32.4. The molecule has 0 amide bonds. The van der Waals surface area contributed by atoms with Crippen molar-refractivity contribution in [3.05, 3.63) is 282 Å². The first-order chi connectivity index (χ1) is 64.4. The molecule has 0 spiro atoms. The van der Waals surface area contributed by atoms with Gasteiger partial charge in [-0.2, -0.15) is 0 Å². The number of hydrogen-bond acceptors (Lipinski definition) is 4. The Balaban J connectivity index is 1.13. The summed E-state index contributed by atoms with van der Waals surface area (Å²) in [6.07, 6.45) is 0. The number of nitrogens with zero attached hydrogens (tertiary/aromatic N) is 4. The van der Waals surface area contributed by atoms with Crippen LogP contribution < -0.4 is 26.2 Å². The lowest BCUT2D eigenvalue weighted by atomic mass is 9.33. The highest BCUT2D eigenvalue weighted by Crippen LogP contribution is 2.54. The summed E-state index contributed by atoms with van der Waals surface area (Å²) in [5.74, 6) is 0. The molecule has 7 heteroatoms. The largest absolute Gasteiger partial charge is 0.454 e. The maximum atomic E-state index is 11.8. The van der Waals surface area contributed by atoms with Crippen molar-refractivity contribution in [3.63, 3.8) is 0 Å². The molecule has 0 aliphatic carbocycles. The van der Waals surface area contributed by atoms with Gasteiger partial charge < -0.3 is 27.8 Å². The lowest BCUT2D eigenvalue weighted by Gasteiger charge is -2.45. The molecule has 17 aromatic rings. The van der Waals surface area contributed by atoms with Gasteiger partial charge in [-0.1, -0.05) is 261 Å². The number of rotatable bonds is 6. The average molecular weight is 1400 g/mol. The number of benzene rings is 13. The highest BCUT2D eigenvalue weighted by molar-refractivity contribution is 7.00. The van der Waals surface area contributed by atoms with Gasteiger partial charge in [0.1, 0.15) is 11.2 Å². The van der Waals surface area contributed by atoms with Gasteiger partial charge in [0.2, 0.25) is 0 Å². The molecule has 0 saturated carbocycles. The highest BCUT2D eigenvalue weighted by atomic mass is 16.3. The quantitative estimate of drug-likeness (QED) is 0.156. The first-order valence-electron chi connectivity index (χ1n) is 51.7. The van der Waals surface area contributed by atoms with E-state index in [4.69, 9.17) is 14.3 Å². The fourth-order valence-corrected chi connectivity index (χ4v) is 14.7. The molecule has 0 atom stereocenters. The second-order valence-corrected chi connectivity index (χ2v) is 32.4. The van der Waals surface area contributed by atoms with Crippen LogP contribution in [0.4, 0.5) is 34.1 Å². The molecule has 0 N–H and O–H groups in total. The van der Waals surface area contributed by atoms with Gasteiger partial charge in [0.25, 0.3) is 6.71 Å². The van der Waals surface area contributed by atoms with Gasteiger partial charge >= 0.3 is 0 Å². The van der Waals surface area contributed by atoms with E-state index in [0.29, 0.717) is 22.3 Å². The number of anilines is 6. The molecule has 0 fully saturated rings. The van der Waals surface area contributed by atoms with E-state index in [1.807, 2.05) is 95.2 Å². The van der Waals surface area contributed by atoms with E-state index >= 15 is 0 Å². The molecule has 6 nitrogen and oxygen atoms in total. The van der Waals surface area contributed by atoms with Gasteiger partial charge in [-0.05, 0) is 190 Å². The van der Waals surface area contributed by atoms with Crippen molar-refractivity contribution in [3.8, 4) is 33.6 Å². The zero-order chi connectivity index (χ0) is 102. The van der Waals surface area contributed by atoms with E-state index in [-0.39, 0.29) is 55.4 Å². The molecule has 2 aliphatic rings. The topological polar surface area (TPSA) is 42.6 Å². The summed E-state index contributed by atoms with van der Waals surface area (Å²) in [6.45, 7) is 26.5. The van der Waals surface area contributed by atoms with Crippen molar-refractivity contribution < 1.29 is 55.4 Å². The first kappa shape index (κ1) is 37.9. The monoisotopic (exact) mass is 1400 g/mol. The Morgan fingerprint density at radius 2 is 0.581 bits per heavy atom. The van der Waals surface area contributed by atoms with Gasteiger partial charge in [-0.25, -0.2) is 0 Å². The van der Waals surface area contributed by atoms with Crippen LogP contribution in [-0.4, -0.2) is 15.8 Å². The Bertz CT molecular complexity index is 7960. The average Bonchev–Trinajstić information content (AvgIpc) is 1.64. The van der Waals surface area contributed by atoms with Crippen LogP contribution in [0.3, 0.4) is 0 Å². The van der Waals surface area contributed by atoms with Crippen LogP contribution in [0.5, 0.6) is 0 Å². The van der Waals surface area contributed by atoms with Crippen molar-refractivity contribution in [1.82, 2.24) is 9.13 Å². The van der Waals surface area contributed by atoms with E-state index in [2.05, 4.69) is 0 Å². The first-order valence-corrected chi connectivity index (χ1v) is 34.7. The van der Waals surface area contributed by atoms with E-state index < -0.39 is 361 Å². The van der Waals surface area contributed by atoms with Crippen LogP contribution in [-0.2, 0) is 27.1 Å². The molecule has 4 aromatic heterocycles. The van der Waals surface area contributed by atoms with Crippen molar-refractivity contribution in [1.29, 1.82) is 0 Å². The number of hydrogen-bond donors (Lipinski definition) is 0. The summed E-state index contributed by atoms with van der Waals surface area (Å²) in [6, 6.07) is -15.3. The maximum Gasteiger partial charge on any atom is 0.252 e. The van der Waals surface area contributed by atoms with Crippen molar-refractivity contribution >= 4 is 145 Å². The Hall–Kier alpha value is -11.3. The molecular formula is C98H87BN4O2. The van der Waals surface area contributed by atoms with Gasteiger partial charge in [0.05, 0.1) is 80.0 Å². The summed E-state index contributed by atoms with van der Waals surface area (Å²) in [5.41, 5.74) is -12.7. The third-order valence-electron chi connectivity index (χ3n) is 20.4. The van der Waals surface area contributed by atoms with Crippen LogP contribution in [0.15, 0.2) is 263 Å². The van der Waals surface area contributed by atoms with E-state index in [9.17, 15) is 41.1 Å². The van der Waals surface area contributed by atoms with Crippen LogP contribution >= 0.6 is 0 Å². The summed E-state index contributed by atoms with van der Waals surface area (Å²) in [7, 11) is 0. The second kappa shape index (κ2) is 22.6. The Kier molecular flexibility index (Phi) is 8.17. The molecule has 0 saturated heterocycles. The van der Waals surface area contributed by atoms with Gasteiger partial charge in [0, 0.05) is 77.2 Å². The molecule has 0 bridgehead atoms. The Labute approximate surface area is 663 Å². The predicted molar refractivity (Wildman–Crippen MR) is 448 cm³/mol. The SMILES string of the molecule is [2H]c1c([2H])c(-n2c3c([2H])c([2H])c([2H])c([2H])c3c3c([2H])c([2H])c([2H])c([2H])c32)c([2H])c2c1B1c3c(cc(C(C)(C)C)cc3N(c3c([2H])c(-c4cc(C(C)(C)C)cc(C(C)(C)C)c4)c([2H])c4c3oc3c([2H])c([2H])c([2H])c([2H])c34)c3c([2H])c(-n4c5c([2H])c([2H])c([2H])c([2H])c5c5c([2H])c([2H])c([2H])c([2H])c54)c([2H])c([2H])c31)N2c1c([2H])c(-c2cc(C(C)(C)C)cc(C(C)(C)C)c2)c([2H])c2c1oc1c([2H])c([2H])c([2H])c([2H])c12. The minimum absolute atomic E-state index is 0.167. The van der Waals surface area contributed by atoms with E-state index in [1.54, 1.807) is 57.2 Å². The molecule has 0 radical (unpaired) electrons. The zero-order valence-corrected chi connectivity index (χ0v) is 60.3. The lowest BCUT2D eigenvalue weighted by molar-refractivity contribution is 0.568.